The zero-order valence-electron chi connectivity index (χ0n) is 14.5. The Morgan fingerprint density at radius 2 is 2.12 bits per heavy atom. The minimum absolute atomic E-state index is 0.0957. The Morgan fingerprint density at radius 3 is 2.85 bits per heavy atom. The molecule has 0 aromatic heterocycles. The third kappa shape index (κ3) is 2.38. The first-order chi connectivity index (χ1) is 12.6. The quantitative estimate of drug-likeness (QED) is 0.657. The van der Waals surface area contributed by atoms with Crippen molar-refractivity contribution in [3.05, 3.63) is 34.9 Å². The van der Waals surface area contributed by atoms with Gasteiger partial charge in [-0.15, -0.1) is 0 Å². The topological polar surface area (TPSA) is 90.5 Å². The summed E-state index contributed by atoms with van der Waals surface area (Å²) in [6.07, 6.45) is 1.92. The average molecular weight is 354 g/mol. The van der Waals surface area contributed by atoms with E-state index in [1.807, 2.05) is 18.2 Å². The van der Waals surface area contributed by atoms with Crippen molar-refractivity contribution in [2.45, 2.75) is 50.5 Å². The van der Waals surface area contributed by atoms with Gasteiger partial charge in [0.15, 0.2) is 0 Å². The summed E-state index contributed by atoms with van der Waals surface area (Å²) in [5.41, 5.74) is 2.69. The van der Waals surface area contributed by atoms with E-state index >= 15 is 0 Å². The Balaban J connectivity index is 1.34. The highest BCUT2D eigenvalue weighted by Gasteiger charge is 2.46. The van der Waals surface area contributed by atoms with Gasteiger partial charge in [-0.25, -0.2) is 0 Å². The van der Waals surface area contributed by atoms with Gasteiger partial charge in [0.25, 0.3) is 5.91 Å². The van der Waals surface area contributed by atoms with E-state index in [1.165, 1.54) is 6.42 Å². The first-order valence-corrected chi connectivity index (χ1v) is 9.34. The lowest BCUT2D eigenvalue weighted by Crippen LogP contribution is -2.52. The Bertz CT molecular complexity index is 794. The van der Waals surface area contributed by atoms with Crippen LogP contribution in [0.3, 0.4) is 0 Å². The molecule has 7 nitrogen and oxygen atoms in total. The lowest BCUT2D eigenvalue weighted by atomic mass is 9.80. The molecule has 0 radical (unpaired) electrons. The number of nitrogens with zero attached hydrogens (tertiary/aromatic N) is 1. The van der Waals surface area contributed by atoms with Crippen LogP contribution in [0.25, 0.3) is 0 Å². The van der Waals surface area contributed by atoms with E-state index in [0.717, 1.165) is 23.2 Å². The molecule has 3 amide bonds. The SMILES string of the molecule is O=C1CCC(N2Cc3cccc(CN[C@H]4[C@H]5CN[C@@H]4C5)c3C2=O)C(=O)N1. The number of imide groups is 1. The number of hydrogen-bond donors (Lipinski definition) is 3. The van der Waals surface area contributed by atoms with Crippen LogP contribution in [0.1, 0.15) is 40.7 Å². The summed E-state index contributed by atoms with van der Waals surface area (Å²) in [7, 11) is 0. The maximum absolute atomic E-state index is 13.0. The fraction of sp³-hybridized carbons (Fsp3) is 0.526. The number of piperidine rings is 1. The second kappa shape index (κ2) is 5.89. The second-order valence-corrected chi connectivity index (χ2v) is 7.77. The molecule has 4 aliphatic heterocycles. The number of carbonyl (C=O) groups is 3. The van der Waals surface area contributed by atoms with Gasteiger partial charge in [-0.2, -0.15) is 0 Å². The summed E-state index contributed by atoms with van der Waals surface area (Å²) in [4.78, 5) is 38.2. The summed E-state index contributed by atoms with van der Waals surface area (Å²) in [5.74, 6) is -0.0164. The zero-order valence-corrected chi connectivity index (χ0v) is 14.5. The highest BCUT2D eigenvalue weighted by atomic mass is 16.2. The number of hydrogen-bond acceptors (Lipinski definition) is 5. The highest BCUT2D eigenvalue weighted by Crippen LogP contribution is 2.35. The molecule has 6 rings (SSSR count). The third-order valence-electron chi connectivity index (χ3n) is 6.31. The number of amides is 3. The van der Waals surface area contributed by atoms with Crippen molar-refractivity contribution in [3.63, 3.8) is 0 Å². The van der Waals surface area contributed by atoms with Crippen LogP contribution in [0.2, 0.25) is 0 Å². The molecule has 0 spiro atoms. The van der Waals surface area contributed by atoms with Crippen molar-refractivity contribution in [2.75, 3.05) is 6.54 Å². The number of nitrogens with one attached hydrogen (secondary N) is 3. The maximum Gasteiger partial charge on any atom is 0.255 e. The monoisotopic (exact) mass is 354 g/mol. The van der Waals surface area contributed by atoms with Gasteiger partial charge >= 0.3 is 0 Å². The van der Waals surface area contributed by atoms with E-state index < -0.39 is 6.04 Å². The molecule has 3 N–H and O–H groups in total. The number of rotatable bonds is 4. The van der Waals surface area contributed by atoms with Gasteiger partial charge in [-0.1, -0.05) is 18.2 Å². The molecule has 1 saturated carbocycles. The van der Waals surface area contributed by atoms with E-state index in [2.05, 4.69) is 16.0 Å². The van der Waals surface area contributed by atoms with Gasteiger partial charge in [0.05, 0.1) is 0 Å². The molecule has 4 heterocycles. The summed E-state index contributed by atoms with van der Waals surface area (Å²) >= 11 is 0. The van der Waals surface area contributed by atoms with Gasteiger partial charge in [0.1, 0.15) is 6.04 Å². The molecule has 5 aliphatic rings. The Kier molecular flexibility index (Phi) is 3.62. The van der Waals surface area contributed by atoms with Crippen molar-refractivity contribution in [3.8, 4) is 0 Å². The van der Waals surface area contributed by atoms with Gasteiger partial charge in [-0.05, 0) is 36.4 Å². The molecule has 4 atom stereocenters. The number of benzene rings is 1. The molecule has 136 valence electrons. The Hall–Kier alpha value is -2.25. The number of carbonyl (C=O) groups excluding carboxylic acids is 3. The van der Waals surface area contributed by atoms with Crippen LogP contribution in [0.15, 0.2) is 18.2 Å². The van der Waals surface area contributed by atoms with Crippen molar-refractivity contribution < 1.29 is 14.4 Å². The summed E-state index contributed by atoms with van der Waals surface area (Å²) < 4.78 is 0. The van der Waals surface area contributed by atoms with Crippen LogP contribution in [-0.4, -0.2) is 47.3 Å². The Labute approximate surface area is 151 Å². The fourth-order valence-electron chi connectivity index (χ4n) is 4.85. The zero-order chi connectivity index (χ0) is 17.8. The van der Waals surface area contributed by atoms with E-state index in [0.29, 0.717) is 37.5 Å². The fourth-order valence-corrected chi connectivity index (χ4v) is 4.85. The van der Waals surface area contributed by atoms with Crippen LogP contribution in [0, 0.1) is 5.92 Å². The van der Waals surface area contributed by atoms with E-state index in [1.54, 1.807) is 4.90 Å². The van der Waals surface area contributed by atoms with Crippen molar-refractivity contribution in [2.24, 2.45) is 5.92 Å². The average Bonchev–Trinajstić information content (AvgIpc) is 3.31. The third-order valence-corrected chi connectivity index (χ3v) is 6.31. The van der Waals surface area contributed by atoms with E-state index in [-0.39, 0.29) is 24.1 Å². The van der Waals surface area contributed by atoms with Gasteiger partial charge in [0, 0.05) is 37.2 Å². The van der Waals surface area contributed by atoms with Crippen molar-refractivity contribution in [1.82, 2.24) is 20.9 Å². The second-order valence-electron chi connectivity index (χ2n) is 7.77. The summed E-state index contributed by atoms with van der Waals surface area (Å²) in [5, 5.41) is 9.44. The minimum atomic E-state index is -0.555. The molecule has 26 heavy (non-hydrogen) atoms. The predicted octanol–water partition coefficient (Wildman–Crippen LogP) is -0.102. The molecule has 4 fully saturated rings. The van der Waals surface area contributed by atoms with Crippen LogP contribution in [-0.2, 0) is 22.7 Å². The summed E-state index contributed by atoms with van der Waals surface area (Å²) in [6, 6.07) is 6.43. The maximum atomic E-state index is 13.0. The largest absolute Gasteiger partial charge is 0.322 e. The first-order valence-electron chi connectivity index (χ1n) is 9.34. The molecule has 1 unspecified atom stereocenters. The molecular formula is C19H22N4O3. The van der Waals surface area contributed by atoms with Crippen LogP contribution in [0.4, 0.5) is 0 Å². The van der Waals surface area contributed by atoms with Crippen LogP contribution >= 0.6 is 0 Å². The molecule has 1 aromatic rings. The van der Waals surface area contributed by atoms with Gasteiger partial charge in [0.2, 0.25) is 11.8 Å². The first kappa shape index (κ1) is 16.0. The predicted molar refractivity (Wildman–Crippen MR) is 93.0 cm³/mol. The molecule has 1 aromatic carbocycles. The molecule has 1 aliphatic carbocycles. The lowest BCUT2D eigenvalue weighted by molar-refractivity contribution is -0.136. The summed E-state index contributed by atoms with van der Waals surface area (Å²) in [6.45, 7) is 2.18. The smallest absolute Gasteiger partial charge is 0.255 e. The standard InChI is InChI=1S/C19H22N4O3/c24-15-5-4-14(18(25)22-15)23-9-11-3-1-2-10(16(11)19(23)26)7-21-17-12-6-13(17)20-8-12/h1-3,12-14,17,20-21H,4-9H2,(H,22,24,25)/t12-,13-,14?,17+/m1/s1. The van der Waals surface area contributed by atoms with Crippen LogP contribution < -0.4 is 16.0 Å². The lowest BCUT2D eigenvalue weighted by Gasteiger charge is -2.35. The van der Waals surface area contributed by atoms with Gasteiger partial charge < -0.3 is 15.5 Å². The van der Waals surface area contributed by atoms with Crippen molar-refractivity contribution in [1.29, 1.82) is 0 Å². The molecule has 2 bridgehead atoms. The normalized spacial score (nSPS) is 32.5. The van der Waals surface area contributed by atoms with Gasteiger partial charge in [-0.3, -0.25) is 19.7 Å². The molecular weight excluding hydrogens is 332 g/mol. The molecule has 3 saturated heterocycles. The molecule has 7 heteroatoms. The van der Waals surface area contributed by atoms with Crippen molar-refractivity contribution >= 4 is 17.7 Å². The number of fused-ring (bicyclic) bond motifs is 2. The highest BCUT2D eigenvalue weighted by molar-refractivity contribution is 6.05. The minimum Gasteiger partial charge on any atom is -0.322 e. The van der Waals surface area contributed by atoms with E-state index in [9.17, 15) is 14.4 Å². The van der Waals surface area contributed by atoms with Crippen LogP contribution in [0.5, 0.6) is 0 Å². The van der Waals surface area contributed by atoms with E-state index in [4.69, 9.17) is 0 Å². The Morgan fingerprint density at radius 1 is 1.23 bits per heavy atom.